The Morgan fingerprint density at radius 1 is 1.35 bits per heavy atom. The third-order valence-electron chi connectivity index (χ3n) is 3.59. The minimum Gasteiger partial charge on any atom is -0.481 e. The number of nitrogens with one attached hydrogen (secondary N) is 2. The Balaban J connectivity index is 1.65. The Kier molecular flexibility index (Phi) is 5.80. The van der Waals surface area contributed by atoms with Crippen LogP contribution in [0.4, 0.5) is 0 Å². The maximum Gasteiger partial charge on any atom is 0.234 e. The van der Waals surface area contributed by atoms with Crippen molar-refractivity contribution in [3.05, 3.63) is 23.9 Å². The average molecular weight is 277 g/mol. The molecular formula is C15H23N3O2. The van der Waals surface area contributed by atoms with Crippen molar-refractivity contribution in [3.63, 3.8) is 0 Å². The number of hydrogen-bond acceptors (Lipinski definition) is 4. The van der Waals surface area contributed by atoms with Gasteiger partial charge in [-0.25, -0.2) is 4.98 Å². The van der Waals surface area contributed by atoms with E-state index >= 15 is 0 Å². The Morgan fingerprint density at radius 2 is 2.15 bits per heavy atom. The molecule has 20 heavy (non-hydrogen) atoms. The SMILES string of the molecule is COc1ccc(CNCC(=O)NC2CCCCC2)cn1. The van der Waals surface area contributed by atoms with Crippen molar-refractivity contribution in [3.8, 4) is 5.88 Å². The van der Waals surface area contributed by atoms with Gasteiger partial charge >= 0.3 is 0 Å². The van der Waals surface area contributed by atoms with E-state index in [0.717, 1.165) is 18.4 Å². The largest absolute Gasteiger partial charge is 0.481 e. The summed E-state index contributed by atoms with van der Waals surface area (Å²) in [5.74, 6) is 0.683. The Hall–Kier alpha value is -1.62. The molecule has 2 rings (SSSR count). The lowest BCUT2D eigenvalue weighted by molar-refractivity contribution is -0.121. The molecule has 1 saturated carbocycles. The number of hydrogen-bond donors (Lipinski definition) is 2. The fraction of sp³-hybridized carbons (Fsp3) is 0.600. The number of carbonyl (C=O) groups is 1. The minimum absolute atomic E-state index is 0.0818. The summed E-state index contributed by atoms with van der Waals surface area (Å²) in [4.78, 5) is 15.9. The van der Waals surface area contributed by atoms with Crippen molar-refractivity contribution in [1.82, 2.24) is 15.6 Å². The van der Waals surface area contributed by atoms with Crippen LogP contribution in [0.15, 0.2) is 18.3 Å². The number of pyridine rings is 1. The quantitative estimate of drug-likeness (QED) is 0.829. The highest BCUT2D eigenvalue weighted by molar-refractivity contribution is 5.78. The van der Waals surface area contributed by atoms with Crippen molar-refractivity contribution < 1.29 is 9.53 Å². The van der Waals surface area contributed by atoms with Crippen molar-refractivity contribution in [2.24, 2.45) is 0 Å². The first kappa shape index (κ1) is 14.8. The van der Waals surface area contributed by atoms with Gasteiger partial charge in [-0.05, 0) is 18.4 Å². The highest BCUT2D eigenvalue weighted by Crippen LogP contribution is 2.17. The van der Waals surface area contributed by atoms with Crippen molar-refractivity contribution in [2.45, 2.75) is 44.7 Å². The first-order valence-corrected chi connectivity index (χ1v) is 7.27. The monoisotopic (exact) mass is 277 g/mol. The summed E-state index contributed by atoms with van der Waals surface area (Å²) in [5, 5.41) is 6.22. The van der Waals surface area contributed by atoms with E-state index in [2.05, 4.69) is 15.6 Å². The fourth-order valence-electron chi connectivity index (χ4n) is 2.48. The third kappa shape index (κ3) is 4.81. The Bertz CT molecular complexity index is 414. The second-order valence-corrected chi connectivity index (χ2v) is 5.21. The molecule has 0 unspecified atom stereocenters. The van der Waals surface area contributed by atoms with Gasteiger partial charge in [-0.2, -0.15) is 0 Å². The molecule has 0 aromatic carbocycles. The van der Waals surface area contributed by atoms with E-state index in [9.17, 15) is 4.79 Å². The molecule has 1 amide bonds. The molecule has 2 N–H and O–H groups in total. The molecule has 0 aliphatic heterocycles. The second-order valence-electron chi connectivity index (χ2n) is 5.21. The Labute approximate surface area is 120 Å². The van der Waals surface area contributed by atoms with Gasteiger partial charge in [0.15, 0.2) is 0 Å². The van der Waals surface area contributed by atoms with Crippen LogP contribution < -0.4 is 15.4 Å². The zero-order chi connectivity index (χ0) is 14.2. The van der Waals surface area contributed by atoms with Gasteiger partial charge in [0, 0.05) is 24.8 Å². The third-order valence-corrected chi connectivity index (χ3v) is 3.59. The molecule has 1 heterocycles. The number of amides is 1. The molecule has 1 aliphatic carbocycles. The molecule has 0 spiro atoms. The summed E-state index contributed by atoms with van der Waals surface area (Å²) >= 11 is 0. The Morgan fingerprint density at radius 3 is 2.80 bits per heavy atom. The molecule has 1 aliphatic rings. The van der Waals surface area contributed by atoms with Crippen LogP contribution in [0.25, 0.3) is 0 Å². The van der Waals surface area contributed by atoms with Gasteiger partial charge in [-0.1, -0.05) is 25.3 Å². The van der Waals surface area contributed by atoms with Gasteiger partial charge in [0.1, 0.15) is 0 Å². The summed E-state index contributed by atoms with van der Waals surface area (Å²) in [6.45, 7) is 0.984. The summed E-state index contributed by atoms with van der Waals surface area (Å²) in [6, 6.07) is 4.14. The van der Waals surface area contributed by atoms with Gasteiger partial charge in [0.2, 0.25) is 11.8 Å². The highest BCUT2D eigenvalue weighted by atomic mass is 16.5. The van der Waals surface area contributed by atoms with E-state index in [-0.39, 0.29) is 5.91 Å². The highest BCUT2D eigenvalue weighted by Gasteiger charge is 2.15. The van der Waals surface area contributed by atoms with Crippen LogP contribution in [-0.4, -0.2) is 30.6 Å². The fourth-order valence-corrected chi connectivity index (χ4v) is 2.48. The molecule has 1 aromatic heterocycles. The van der Waals surface area contributed by atoms with Crippen LogP contribution in [0.5, 0.6) is 5.88 Å². The van der Waals surface area contributed by atoms with Crippen LogP contribution in [-0.2, 0) is 11.3 Å². The van der Waals surface area contributed by atoms with Gasteiger partial charge in [0.25, 0.3) is 0 Å². The minimum atomic E-state index is 0.0818. The number of ether oxygens (including phenoxy) is 1. The van der Waals surface area contributed by atoms with Crippen LogP contribution in [0.1, 0.15) is 37.7 Å². The molecule has 0 saturated heterocycles. The predicted molar refractivity (Wildman–Crippen MR) is 77.5 cm³/mol. The van der Waals surface area contributed by atoms with Crippen LogP contribution in [0, 0.1) is 0 Å². The van der Waals surface area contributed by atoms with Crippen LogP contribution in [0.2, 0.25) is 0 Å². The molecule has 5 nitrogen and oxygen atoms in total. The smallest absolute Gasteiger partial charge is 0.234 e. The maximum atomic E-state index is 11.8. The molecule has 5 heteroatoms. The number of rotatable bonds is 6. The average Bonchev–Trinajstić information content (AvgIpc) is 2.49. The lowest BCUT2D eigenvalue weighted by Crippen LogP contribution is -2.41. The predicted octanol–water partition coefficient (Wildman–Crippen LogP) is 1.63. The van der Waals surface area contributed by atoms with Crippen molar-refractivity contribution in [1.29, 1.82) is 0 Å². The second kappa shape index (κ2) is 7.85. The number of aromatic nitrogens is 1. The molecule has 0 bridgehead atoms. The molecule has 0 radical (unpaired) electrons. The van der Waals surface area contributed by atoms with Gasteiger partial charge in [-0.15, -0.1) is 0 Å². The van der Waals surface area contributed by atoms with Crippen molar-refractivity contribution in [2.75, 3.05) is 13.7 Å². The van der Waals surface area contributed by atoms with Crippen LogP contribution in [0.3, 0.4) is 0 Å². The lowest BCUT2D eigenvalue weighted by Gasteiger charge is -2.22. The lowest BCUT2D eigenvalue weighted by atomic mass is 9.95. The molecule has 1 fully saturated rings. The van der Waals surface area contributed by atoms with E-state index in [4.69, 9.17) is 4.74 Å². The first-order chi connectivity index (χ1) is 9.78. The standard InChI is InChI=1S/C15H23N3O2/c1-20-15-8-7-12(10-17-15)9-16-11-14(19)18-13-5-3-2-4-6-13/h7-8,10,13,16H,2-6,9,11H2,1H3,(H,18,19). The zero-order valence-corrected chi connectivity index (χ0v) is 12.0. The van der Waals surface area contributed by atoms with Crippen molar-refractivity contribution >= 4 is 5.91 Å². The maximum absolute atomic E-state index is 11.8. The van der Waals surface area contributed by atoms with E-state index in [1.165, 1.54) is 19.3 Å². The summed E-state index contributed by atoms with van der Waals surface area (Å²) < 4.78 is 5.00. The normalized spacial score (nSPS) is 15.8. The topological polar surface area (TPSA) is 63.2 Å². The molecule has 1 aromatic rings. The van der Waals surface area contributed by atoms with E-state index in [0.29, 0.717) is 25.0 Å². The summed E-state index contributed by atoms with van der Waals surface area (Å²) in [5.41, 5.74) is 1.04. The zero-order valence-electron chi connectivity index (χ0n) is 12.0. The summed E-state index contributed by atoms with van der Waals surface area (Å²) in [6.07, 6.45) is 7.76. The van der Waals surface area contributed by atoms with Gasteiger partial charge in [-0.3, -0.25) is 4.79 Å². The first-order valence-electron chi connectivity index (χ1n) is 7.27. The molecular weight excluding hydrogens is 254 g/mol. The number of methoxy groups -OCH3 is 1. The number of nitrogens with zero attached hydrogens (tertiary/aromatic N) is 1. The van der Waals surface area contributed by atoms with Crippen LogP contribution >= 0.6 is 0 Å². The van der Waals surface area contributed by atoms with E-state index in [1.807, 2.05) is 12.1 Å². The van der Waals surface area contributed by atoms with Gasteiger partial charge < -0.3 is 15.4 Å². The summed E-state index contributed by atoms with van der Waals surface area (Å²) in [7, 11) is 1.59. The van der Waals surface area contributed by atoms with E-state index < -0.39 is 0 Å². The van der Waals surface area contributed by atoms with E-state index in [1.54, 1.807) is 13.3 Å². The molecule has 110 valence electrons. The molecule has 0 atom stereocenters. The number of carbonyl (C=O) groups excluding carboxylic acids is 1. The van der Waals surface area contributed by atoms with Gasteiger partial charge in [0.05, 0.1) is 13.7 Å².